The molecular weight excluding hydrogens is 112 g/mol. The summed E-state index contributed by atoms with van der Waals surface area (Å²) in [5, 5.41) is 0. The fraction of sp³-hybridized carbons (Fsp3) is 0.429. The second-order valence-corrected chi connectivity index (χ2v) is 2.38. The maximum atomic E-state index is 5.56. The minimum Gasteiger partial charge on any atom is -0.401 e. The van der Waals surface area contributed by atoms with Gasteiger partial charge in [0, 0.05) is 25.4 Å². The number of nitrogens with zero attached hydrogens (tertiary/aromatic N) is 1. The van der Waals surface area contributed by atoms with Gasteiger partial charge in [-0.25, -0.2) is 0 Å². The van der Waals surface area contributed by atoms with Gasteiger partial charge in [0.1, 0.15) is 0 Å². The van der Waals surface area contributed by atoms with E-state index < -0.39 is 0 Å². The van der Waals surface area contributed by atoms with Crippen LogP contribution in [0, 0.1) is 0 Å². The number of rotatable bonds is 1. The summed E-state index contributed by atoms with van der Waals surface area (Å²) in [5.41, 5.74) is 6.51. The first-order chi connectivity index (χ1) is 4.24. The van der Waals surface area contributed by atoms with Crippen LogP contribution in [0.25, 0.3) is 0 Å². The lowest BCUT2D eigenvalue weighted by Crippen LogP contribution is -2.19. The molecule has 0 aromatic heterocycles. The Morgan fingerprint density at radius 3 is 2.89 bits per heavy atom. The second-order valence-electron chi connectivity index (χ2n) is 2.38. The Morgan fingerprint density at radius 1 is 2.00 bits per heavy atom. The number of hydrogen-bond acceptors (Lipinski definition) is 2. The molecule has 0 amide bonds. The molecule has 0 fully saturated rings. The van der Waals surface area contributed by atoms with Crippen molar-refractivity contribution in [1.82, 2.24) is 4.90 Å². The summed E-state index contributed by atoms with van der Waals surface area (Å²) in [4.78, 5) is 2.07. The van der Waals surface area contributed by atoms with Crippen LogP contribution in [0.1, 0.15) is 6.42 Å². The van der Waals surface area contributed by atoms with Gasteiger partial charge < -0.3 is 10.6 Å². The van der Waals surface area contributed by atoms with Gasteiger partial charge in [-0.2, -0.15) is 0 Å². The lowest BCUT2D eigenvalue weighted by Gasteiger charge is -2.14. The van der Waals surface area contributed by atoms with Crippen molar-refractivity contribution in [2.75, 3.05) is 7.05 Å². The van der Waals surface area contributed by atoms with Gasteiger partial charge in [0.15, 0.2) is 0 Å². The van der Waals surface area contributed by atoms with Crippen molar-refractivity contribution >= 4 is 0 Å². The van der Waals surface area contributed by atoms with E-state index in [0.717, 1.165) is 12.1 Å². The van der Waals surface area contributed by atoms with E-state index in [1.807, 2.05) is 19.3 Å². The number of hydrogen-bond donors (Lipinski definition) is 1. The standard InChI is InChI=1S/C7H12N2/c1-3-7-4-6(8)5-9(7)2/h3,5,7H,1,4,8H2,2H3. The van der Waals surface area contributed by atoms with Gasteiger partial charge in [0.25, 0.3) is 0 Å². The van der Waals surface area contributed by atoms with Crippen LogP contribution in [0.3, 0.4) is 0 Å². The highest BCUT2D eigenvalue weighted by molar-refractivity contribution is 5.11. The van der Waals surface area contributed by atoms with Crippen LogP contribution in [-0.4, -0.2) is 18.0 Å². The Bertz CT molecular complexity index is 149. The third-order valence-electron chi connectivity index (χ3n) is 1.61. The summed E-state index contributed by atoms with van der Waals surface area (Å²) in [6.07, 6.45) is 4.79. The molecule has 2 heteroatoms. The molecule has 50 valence electrons. The summed E-state index contributed by atoms with van der Waals surface area (Å²) < 4.78 is 0. The van der Waals surface area contributed by atoms with Gasteiger partial charge in [-0.15, -0.1) is 6.58 Å². The monoisotopic (exact) mass is 124 g/mol. The normalized spacial score (nSPS) is 26.1. The molecule has 0 saturated carbocycles. The van der Waals surface area contributed by atoms with Gasteiger partial charge in [-0.05, 0) is 0 Å². The Labute approximate surface area is 55.6 Å². The van der Waals surface area contributed by atoms with Crippen molar-refractivity contribution in [1.29, 1.82) is 0 Å². The molecule has 0 radical (unpaired) electrons. The van der Waals surface area contributed by atoms with Crippen molar-refractivity contribution in [3.63, 3.8) is 0 Å². The van der Waals surface area contributed by atoms with Crippen LogP contribution in [0.15, 0.2) is 24.6 Å². The van der Waals surface area contributed by atoms with Gasteiger partial charge >= 0.3 is 0 Å². The fourth-order valence-corrected chi connectivity index (χ4v) is 1.05. The van der Waals surface area contributed by atoms with E-state index in [-0.39, 0.29) is 0 Å². The highest BCUT2D eigenvalue weighted by Crippen LogP contribution is 2.15. The van der Waals surface area contributed by atoms with Gasteiger partial charge in [0.2, 0.25) is 0 Å². The van der Waals surface area contributed by atoms with Crippen molar-refractivity contribution < 1.29 is 0 Å². The SMILES string of the molecule is C=CC1CC(N)=CN1C. The summed E-state index contributed by atoms with van der Waals surface area (Å²) in [6.45, 7) is 3.70. The quantitative estimate of drug-likeness (QED) is 0.521. The molecule has 2 nitrogen and oxygen atoms in total. The second kappa shape index (κ2) is 2.13. The van der Waals surface area contributed by atoms with E-state index in [1.54, 1.807) is 0 Å². The molecule has 2 N–H and O–H groups in total. The molecule has 0 aromatic rings. The minimum atomic E-state index is 0.421. The zero-order valence-electron chi connectivity index (χ0n) is 5.67. The zero-order chi connectivity index (χ0) is 6.85. The minimum absolute atomic E-state index is 0.421. The number of nitrogens with two attached hydrogens (primary N) is 1. The molecule has 0 bridgehead atoms. The third kappa shape index (κ3) is 1.07. The highest BCUT2D eigenvalue weighted by Gasteiger charge is 2.15. The molecule has 0 saturated heterocycles. The maximum Gasteiger partial charge on any atom is 0.0517 e. The molecule has 0 aromatic carbocycles. The molecule has 1 heterocycles. The zero-order valence-corrected chi connectivity index (χ0v) is 5.67. The predicted octanol–water partition coefficient (Wildman–Crippen LogP) is 0.677. The van der Waals surface area contributed by atoms with Crippen LogP contribution >= 0.6 is 0 Å². The van der Waals surface area contributed by atoms with E-state index in [1.165, 1.54) is 0 Å². The van der Waals surface area contributed by atoms with Crippen LogP contribution in [0.2, 0.25) is 0 Å². The highest BCUT2D eigenvalue weighted by atomic mass is 15.1. The molecule has 1 aliphatic rings. The molecule has 0 spiro atoms. The Balaban J connectivity index is 2.59. The fourth-order valence-electron chi connectivity index (χ4n) is 1.05. The van der Waals surface area contributed by atoms with Crippen molar-refractivity contribution in [3.8, 4) is 0 Å². The lowest BCUT2D eigenvalue weighted by atomic mass is 10.2. The van der Waals surface area contributed by atoms with Crippen molar-refractivity contribution in [2.45, 2.75) is 12.5 Å². The van der Waals surface area contributed by atoms with Crippen LogP contribution in [-0.2, 0) is 0 Å². The van der Waals surface area contributed by atoms with Gasteiger partial charge in [-0.3, -0.25) is 0 Å². The van der Waals surface area contributed by atoms with Crippen LogP contribution in [0.4, 0.5) is 0 Å². The predicted molar refractivity (Wildman–Crippen MR) is 38.6 cm³/mol. The molecule has 1 atom stereocenters. The Hall–Kier alpha value is -0.920. The summed E-state index contributed by atoms with van der Waals surface area (Å²) in [6, 6.07) is 0.421. The molecule has 1 rings (SSSR count). The third-order valence-corrected chi connectivity index (χ3v) is 1.61. The largest absolute Gasteiger partial charge is 0.401 e. The molecule has 1 aliphatic heterocycles. The topological polar surface area (TPSA) is 29.3 Å². The van der Waals surface area contributed by atoms with Gasteiger partial charge in [-0.1, -0.05) is 6.08 Å². The van der Waals surface area contributed by atoms with E-state index in [9.17, 15) is 0 Å². The first-order valence-electron chi connectivity index (χ1n) is 3.04. The van der Waals surface area contributed by atoms with Gasteiger partial charge in [0.05, 0.1) is 6.04 Å². The molecule has 0 aliphatic carbocycles. The van der Waals surface area contributed by atoms with Crippen LogP contribution < -0.4 is 5.73 Å². The molecule has 1 unspecified atom stereocenters. The first-order valence-corrected chi connectivity index (χ1v) is 3.04. The van der Waals surface area contributed by atoms with E-state index in [2.05, 4.69) is 11.5 Å². The van der Waals surface area contributed by atoms with Crippen LogP contribution in [0.5, 0.6) is 0 Å². The Morgan fingerprint density at radius 2 is 2.67 bits per heavy atom. The lowest BCUT2D eigenvalue weighted by molar-refractivity contribution is 0.416. The van der Waals surface area contributed by atoms with Crippen molar-refractivity contribution in [3.05, 3.63) is 24.6 Å². The average Bonchev–Trinajstić information content (AvgIpc) is 2.10. The Kier molecular flexibility index (Phi) is 1.47. The average molecular weight is 124 g/mol. The van der Waals surface area contributed by atoms with Crippen molar-refractivity contribution in [2.24, 2.45) is 5.73 Å². The smallest absolute Gasteiger partial charge is 0.0517 e. The summed E-state index contributed by atoms with van der Waals surface area (Å²) in [5.74, 6) is 0. The maximum absolute atomic E-state index is 5.56. The summed E-state index contributed by atoms with van der Waals surface area (Å²) in [7, 11) is 2.01. The first kappa shape index (κ1) is 6.20. The molecular formula is C7H12N2. The molecule has 9 heavy (non-hydrogen) atoms. The van der Waals surface area contributed by atoms with E-state index in [0.29, 0.717) is 6.04 Å². The number of likely N-dealkylation sites (N-methyl/N-ethyl adjacent to an activating group) is 1. The van der Waals surface area contributed by atoms with E-state index >= 15 is 0 Å². The summed E-state index contributed by atoms with van der Waals surface area (Å²) >= 11 is 0. The van der Waals surface area contributed by atoms with E-state index in [4.69, 9.17) is 5.73 Å².